The van der Waals surface area contributed by atoms with Crippen LogP contribution in [-0.2, 0) is 26.2 Å². The van der Waals surface area contributed by atoms with Crippen molar-refractivity contribution in [3.05, 3.63) is 40.2 Å². The number of nitrogens with zero attached hydrogens (tertiary/aromatic N) is 3. The minimum Gasteiger partial charge on any atom is 4.00 e. The fourth-order valence-corrected chi connectivity index (χ4v) is 4.77. The van der Waals surface area contributed by atoms with Crippen LogP contribution in [0.4, 0.5) is 3.50 Å². The standard InChI is InChI=1S/3C8H18N.C7H10FGe.Zr/c3*1-5-7(3)9-8(4)6-2;1-9(2,8)7-5-3-4-6-7;/h3*7-8H,5-6H2,1-4H3;3-6H,1-2H3;/q4*-1;+4. The summed E-state index contributed by atoms with van der Waals surface area (Å²) in [4.78, 5) is 0. The van der Waals surface area contributed by atoms with Crippen molar-refractivity contribution in [2.75, 3.05) is 0 Å². The van der Waals surface area contributed by atoms with Crippen LogP contribution >= 0.6 is 0 Å². The Morgan fingerprint density at radius 3 is 0.838 bits per heavy atom. The maximum absolute atomic E-state index is 13.1. The van der Waals surface area contributed by atoms with E-state index >= 15 is 0 Å². The summed E-state index contributed by atoms with van der Waals surface area (Å²) in [6.45, 7) is 26.1. The summed E-state index contributed by atoms with van der Waals surface area (Å²) in [7, 11) is 0. The molecule has 0 aliphatic carbocycles. The first kappa shape index (κ1) is 44.6. The average molecular weight is 662 g/mol. The molecule has 1 rings (SSSR count). The molecule has 0 N–H and O–H groups in total. The van der Waals surface area contributed by atoms with Crippen LogP contribution in [0.15, 0.2) is 24.3 Å². The summed E-state index contributed by atoms with van der Waals surface area (Å²) in [6.07, 6.45) is 7.03. The van der Waals surface area contributed by atoms with Gasteiger partial charge in [0.05, 0.1) is 0 Å². The normalized spacial score (nSPS) is 15.5. The fraction of sp³-hybridized carbons (Fsp3) is 0.839. The molecular formula is C31H64FGeN3Zr. The molecule has 6 atom stereocenters. The third kappa shape index (κ3) is 31.0. The van der Waals surface area contributed by atoms with Gasteiger partial charge in [0.15, 0.2) is 0 Å². The maximum Gasteiger partial charge on any atom is 4.00 e. The summed E-state index contributed by atoms with van der Waals surface area (Å²) in [5.74, 6) is 3.49. The van der Waals surface area contributed by atoms with Gasteiger partial charge >= 0.3 is 83.6 Å². The molecule has 0 fully saturated rings. The Bertz CT molecular complexity index is 484. The van der Waals surface area contributed by atoms with Crippen LogP contribution in [0.3, 0.4) is 0 Å². The van der Waals surface area contributed by atoms with E-state index < -0.39 is 13.7 Å². The van der Waals surface area contributed by atoms with Gasteiger partial charge in [0.1, 0.15) is 0 Å². The van der Waals surface area contributed by atoms with Gasteiger partial charge in [0.2, 0.25) is 0 Å². The Balaban J connectivity index is -0.000000194. The third-order valence-electron chi connectivity index (χ3n) is 6.42. The van der Waals surface area contributed by atoms with Gasteiger partial charge in [-0.2, -0.15) is 0 Å². The number of rotatable bonds is 13. The van der Waals surface area contributed by atoms with Crippen molar-refractivity contribution in [1.29, 1.82) is 0 Å². The Labute approximate surface area is 256 Å². The predicted octanol–water partition coefficient (Wildman–Crippen LogP) is 10.7. The van der Waals surface area contributed by atoms with Gasteiger partial charge in [-0.15, -0.1) is 36.3 Å². The van der Waals surface area contributed by atoms with Crippen LogP contribution in [0.5, 0.6) is 0 Å². The van der Waals surface area contributed by atoms with E-state index in [-0.39, 0.29) is 26.2 Å². The summed E-state index contributed by atoms with van der Waals surface area (Å²) in [5.41, 5.74) is 0. The summed E-state index contributed by atoms with van der Waals surface area (Å²) < 4.78 is 14.1. The molecule has 37 heavy (non-hydrogen) atoms. The second-order valence-electron chi connectivity index (χ2n) is 10.6. The first-order valence-electron chi connectivity index (χ1n) is 14.7. The zero-order valence-electron chi connectivity index (χ0n) is 27.2. The van der Waals surface area contributed by atoms with Crippen molar-refractivity contribution in [1.82, 2.24) is 0 Å². The molecule has 0 saturated heterocycles. The van der Waals surface area contributed by atoms with Crippen molar-refractivity contribution < 1.29 is 29.7 Å². The largest absolute Gasteiger partial charge is 4.00 e. The molecule has 0 aliphatic heterocycles. The Morgan fingerprint density at radius 1 is 0.541 bits per heavy atom. The van der Waals surface area contributed by atoms with Crippen molar-refractivity contribution >= 4 is 18.1 Å². The number of hydrogen-bond donors (Lipinski definition) is 0. The SMILES string of the molecule is CCC(C)[N-]C(C)CC.CCC(C)[N-]C(C)CC.CCC(C)[N-]C(C)CC.[CH3][Ge]([CH3])([F])[c-]1cccc1.[Zr+4]. The zero-order chi connectivity index (χ0) is 28.7. The number of hydrogen-bond acceptors (Lipinski definition) is 0. The molecule has 0 amide bonds. The zero-order valence-corrected chi connectivity index (χ0v) is 31.8. The molecule has 0 aromatic heterocycles. The summed E-state index contributed by atoms with van der Waals surface area (Å²) >= 11 is -2.94. The van der Waals surface area contributed by atoms with E-state index in [9.17, 15) is 3.50 Å². The molecule has 6 unspecified atom stereocenters. The van der Waals surface area contributed by atoms with Crippen molar-refractivity contribution in [2.24, 2.45) is 0 Å². The molecule has 0 spiro atoms. The molecule has 0 aliphatic rings. The third-order valence-corrected chi connectivity index (χ3v) is 10.0. The Hall–Kier alpha value is 0.586. The van der Waals surface area contributed by atoms with Gasteiger partial charge in [0, 0.05) is 0 Å². The van der Waals surface area contributed by atoms with E-state index in [1.807, 2.05) is 24.3 Å². The van der Waals surface area contributed by atoms with Gasteiger partial charge < -0.3 is 16.0 Å². The van der Waals surface area contributed by atoms with E-state index in [4.69, 9.17) is 0 Å². The molecule has 218 valence electrons. The minimum absolute atomic E-state index is 0. The van der Waals surface area contributed by atoms with E-state index in [1.165, 1.54) is 38.5 Å². The van der Waals surface area contributed by atoms with Crippen LogP contribution in [0.25, 0.3) is 16.0 Å². The van der Waals surface area contributed by atoms with Crippen LogP contribution in [0.1, 0.15) is 122 Å². The van der Waals surface area contributed by atoms with Crippen LogP contribution < -0.4 is 4.40 Å². The van der Waals surface area contributed by atoms with Gasteiger partial charge in [-0.25, -0.2) is 0 Å². The van der Waals surface area contributed by atoms with Gasteiger partial charge in [-0.3, -0.25) is 0 Å². The van der Waals surface area contributed by atoms with Gasteiger partial charge in [-0.05, 0) is 0 Å². The maximum atomic E-state index is 13.1. The molecule has 0 bridgehead atoms. The first-order valence-corrected chi connectivity index (χ1v) is 20.8. The number of halogens is 1. The van der Waals surface area contributed by atoms with Crippen LogP contribution in [-0.4, -0.2) is 50.0 Å². The Kier molecular flexibility index (Phi) is 33.9. The molecule has 1 aromatic carbocycles. The van der Waals surface area contributed by atoms with Crippen molar-refractivity contribution in [3.63, 3.8) is 0 Å². The molecule has 6 heteroatoms. The molecule has 0 heterocycles. The fourth-order valence-electron chi connectivity index (χ4n) is 2.71. The second-order valence-corrected chi connectivity index (χ2v) is 18.0. The molecule has 1 aromatic rings. The van der Waals surface area contributed by atoms with E-state index in [0.717, 1.165) is 4.40 Å². The van der Waals surface area contributed by atoms with E-state index in [2.05, 4.69) is 99.0 Å². The van der Waals surface area contributed by atoms with Gasteiger partial charge in [0.25, 0.3) is 0 Å². The predicted molar refractivity (Wildman–Crippen MR) is 169 cm³/mol. The smallest absolute Gasteiger partial charge is 4.00 e. The van der Waals surface area contributed by atoms with Crippen LogP contribution in [0, 0.1) is 0 Å². The van der Waals surface area contributed by atoms with E-state index in [0.29, 0.717) is 36.3 Å². The van der Waals surface area contributed by atoms with Crippen molar-refractivity contribution in [2.45, 2.75) is 169 Å². The monoisotopic (exact) mass is 661 g/mol. The summed E-state index contributed by atoms with van der Waals surface area (Å²) in [6, 6.07) is 10.9. The average Bonchev–Trinajstić information content (AvgIpc) is 3.40. The quantitative estimate of drug-likeness (QED) is 0.149. The molecule has 0 radical (unpaired) electrons. The second kappa shape index (κ2) is 28.1. The van der Waals surface area contributed by atoms with Gasteiger partial charge in [-0.1, -0.05) is 122 Å². The topological polar surface area (TPSA) is 42.3 Å². The summed E-state index contributed by atoms with van der Waals surface area (Å²) in [5, 5.41) is 13.5. The Morgan fingerprint density at radius 2 is 0.730 bits per heavy atom. The first-order chi connectivity index (χ1) is 16.7. The molecular weight excluding hydrogens is 597 g/mol. The van der Waals surface area contributed by atoms with E-state index in [1.54, 1.807) is 11.5 Å². The minimum atomic E-state index is -2.94. The van der Waals surface area contributed by atoms with Crippen molar-refractivity contribution in [3.8, 4) is 0 Å². The molecule has 0 saturated carbocycles. The molecule has 3 nitrogen and oxygen atoms in total. The van der Waals surface area contributed by atoms with Crippen LogP contribution in [0.2, 0.25) is 11.5 Å².